The Morgan fingerprint density at radius 1 is 0.967 bits per heavy atom. The van der Waals surface area contributed by atoms with Crippen LogP contribution in [0.5, 0.6) is 0 Å². The highest BCUT2D eigenvalue weighted by Gasteiger charge is 2.11. The van der Waals surface area contributed by atoms with Gasteiger partial charge in [-0.05, 0) is 54.4 Å². The molecule has 1 heterocycles. The Bertz CT molecular complexity index is 998. The van der Waals surface area contributed by atoms with Gasteiger partial charge >= 0.3 is 0 Å². The lowest BCUT2D eigenvalue weighted by Gasteiger charge is -2.09. The third kappa shape index (κ3) is 6.42. The molecule has 0 spiro atoms. The van der Waals surface area contributed by atoms with Crippen molar-refractivity contribution >= 4 is 34.8 Å². The van der Waals surface area contributed by atoms with E-state index >= 15 is 0 Å². The van der Waals surface area contributed by atoms with Gasteiger partial charge in [-0.3, -0.25) is 9.59 Å². The summed E-state index contributed by atoms with van der Waals surface area (Å²) in [6.45, 7) is 3.98. The third-order valence-corrected chi connectivity index (χ3v) is 4.43. The second kappa shape index (κ2) is 10.0. The molecule has 7 nitrogen and oxygen atoms in total. The van der Waals surface area contributed by atoms with Gasteiger partial charge in [0.2, 0.25) is 23.5 Å². The highest BCUT2D eigenvalue weighted by Crippen LogP contribution is 2.19. The minimum Gasteiger partial charge on any atom is -0.339 e. The van der Waals surface area contributed by atoms with Crippen LogP contribution in [0.1, 0.15) is 32.6 Å². The van der Waals surface area contributed by atoms with Gasteiger partial charge in [0.05, 0.1) is 0 Å². The van der Waals surface area contributed by atoms with Crippen LogP contribution < -0.4 is 10.6 Å². The van der Waals surface area contributed by atoms with E-state index in [0.29, 0.717) is 46.9 Å². The smallest absolute Gasteiger partial charge is 0.227 e. The van der Waals surface area contributed by atoms with Crippen molar-refractivity contribution in [1.29, 1.82) is 0 Å². The van der Waals surface area contributed by atoms with Crippen LogP contribution in [-0.4, -0.2) is 22.0 Å². The lowest BCUT2D eigenvalue weighted by molar-refractivity contribution is -0.117. The molecule has 1 aromatic heterocycles. The van der Waals surface area contributed by atoms with Crippen LogP contribution in [0.15, 0.2) is 53.1 Å². The van der Waals surface area contributed by atoms with Gasteiger partial charge in [0.25, 0.3) is 0 Å². The fourth-order valence-electron chi connectivity index (χ4n) is 2.74. The van der Waals surface area contributed by atoms with Crippen LogP contribution >= 0.6 is 11.6 Å². The fraction of sp³-hybridized carbons (Fsp3) is 0.273. The van der Waals surface area contributed by atoms with Gasteiger partial charge in [-0.25, -0.2) is 0 Å². The number of carbonyl (C=O) groups excluding carboxylic acids is 2. The molecule has 8 heteroatoms. The Morgan fingerprint density at radius 3 is 2.17 bits per heavy atom. The molecule has 3 rings (SSSR count). The SMILES string of the molecule is CC(C)CC(=O)Nc1ccc(NC(=O)CCc2nc(-c3ccc(Cl)cc3)no2)cc1. The summed E-state index contributed by atoms with van der Waals surface area (Å²) in [7, 11) is 0. The van der Waals surface area contributed by atoms with Crippen molar-refractivity contribution in [2.45, 2.75) is 33.1 Å². The largest absolute Gasteiger partial charge is 0.339 e. The molecule has 0 unspecified atom stereocenters. The summed E-state index contributed by atoms with van der Waals surface area (Å²) in [6, 6.07) is 14.1. The first-order valence-electron chi connectivity index (χ1n) is 9.67. The minimum atomic E-state index is -0.169. The number of halogens is 1. The Morgan fingerprint density at radius 2 is 1.57 bits per heavy atom. The molecule has 0 aliphatic carbocycles. The van der Waals surface area contributed by atoms with Gasteiger partial charge in [-0.2, -0.15) is 4.98 Å². The third-order valence-electron chi connectivity index (χ3n) is 4.18. The summed E-state index contributed by atoms with van der Waals surface area (Å²) in [5.74, 6) is 0.942. The molecule has 0 saturated heterocycles. The molecular weight excluding hydrogens is 404 g/mol. The van der Waals surface area contributed by atoms with E-state index in [1.807, 2.05) is 13.8 Å². The van der Waals surface area contributed by atoms with E-state index in [1.54, 1.807) is 48.5 Å². The van der Waals surface area contributed by atoms with Crippen molar-refractivity contribution < 1.29 is 14.1 Å². The highest BCUT2D eigenvalue weighted by atomic mass is 35.5. The number of amides is 2. The first-order valence-corrected chi connectivity index (χ1v) is 10.0. The Labute approximate surface area is 179 Å². The Hall–Kier alpha value is -3.19. The zero-order valence-electron chi connectivity index (χ0n) is 16.8. The molecule has 0 radical (unpaired) electrons. The number of aromatic nitrogens is 2. The lowest BCUT2D eigenvalue weighted by Crippen LogP contribution is -2.14. The zero-order valence-corrected chi connectivity index (χ0v) is 17.6. The maximum absolute atomic E-state index is 12.2. The monoisotopic (exact) mass is 426 g/mol. The van der Waals surface area contributed by atoms with Crippen LogP contribution in [0.3, 0.4) is 0 Å². The number of carbonyl (C=O) groups is 2. The summed E-state index contributed by atoms with van der Waals surface area (Å²) >= 11 is 5.88. The van der Waals surface area contributed by atoms with Crippen LogP contribution in [0, 0.1) is 5.92 Å². The number of benzene rings is 2. The number of hydrogen-bond donors (Lipinski definition) is 2. The first-order chi connectivity index (χ1) is 14.4. The average molecular weight is 427 g/mol. The molecule has 3 aromatic rings. The molecule has 0 fully saturated rings. The Kier molecular flexibility index (Phi) is 7.19. The van der Waals surface area contributed by atoms with Crippen LogP contribution in [0.4, 0.5) is 11.4 Å². The number of anilines is 2. The second-order valence-electron chi connectivity index (χ2n) is 7.29. The second-order valence-corrected chi connectivity index (χ2v) is 7.73. The summed E-state index contributed by atoms with van der Waals surface area (Å²) < 4.78 is 5.22. The van der Waals surface area contributed by atoms with Gasteiger partial charge < -0.3 is 15.2 Å². The van der Waals surface area contributed by atoms with E-state index in [2.05, 4.69) is 20.8 Å². The van der Waals surface area contributed by atoms with Gasteiger partial charge in [-0.1, -0.05) is 30.6 Å². The molecule has 2 N–H and O–H groups in total. The molecule has 0 aliphatic rings. The first kappa shape index (κ1) is 21.5. The maximum atomic E-state index is 12.2. The lowest BCUT2D eigenvalue weighted by atomic mass is 10.1. The maximum Gasteiger partial charge on any atom is 0.227 e. The topological polar surface area (TPSA) is 97.1 Å². The summed E-state index contributed by atoms with van der Waals surface area (Å²) in [4.78, 5) is 28.3. The summed E-state index contributed by atoms with van der Waals surface area (Å²) in [5.41, 5.74) is 2.13. The van der Waals surface area contributed by atoms with Crippen molar-refractivity contribution in [3.8, 4) is 11.4 Å². The normalized spacial score (nSPS) is 10.8. The van der Waals surface area contributed by atoms with Crippen LogP contribution in [0.2, 0.25) is 5.02 Å². The van der Waals surface area contributed by atoms with Gasteiger partial charge in [0.15, 0.2) is 0 Å². The quantitative estimate of drug-likeness (QED) is 0.531. The predicted molar refractivity (Wildman–Crippen MR) is 116 cm³/mol. The molecule has 30 heavy (non-hydrogen) atoms. The molecular formula is C22H23ClN4O3. The van der Waals surface area contributed by atoms with Crippen LogP contribution in [-0.2, 0) is 16.0 Å². The van der Waals surface area contributed by atoms with Crippen molar-refractivity contribution in [2.75, 3.05) is 10.6 Å². The average Bonchev–Trinajstić information content (AvgIpc) is 3.17. The highest BCUT2D eigenvalue weighted by molar-refractivity contribution is 6.30. The molecule has 0 aliphatic heterocycles. The number of aryl methyl sites for hydroxylation is 1. The molecule has 0 bridgehead atoms. The van der Waals surface area contributed by atoms with E-state index in [0.717, 1.165) is 5.56 Å². The van der Waals surface area contributed by atoms with Crippen molar-refractivity contribution in [1.82, 2.24) is 10.1 Å². The van der Waals surface area contributed by atoms with Gasteiger partial charge in [0, 0.05) is 41.2 Å². The van der Waals surface area contributed by atoms with E-state index < -0.39 is 0 Å². The van der Waals surface area contributed by atoms with Crippen molar-refractivity contribution in [2.24, 2.45) is 5.92 Å². The molecule has 2 aromatic carbocycles. The van der Waals surface area contributed by atoms with E-state index in [-0.39, 0.29) is 18.2 Å². The standard InChI is InChI=1S/C22H23ClN4O3/c1-14(2)13-20(29)25-18-9-7-17(8-10-18)24-19(28)11-12-21-26-22(27-30-21)15-3-5-16(23)6-4-15/h3-10,14H,11-13H2,1-2H3,(H,24,28)(H,25,29). The predicted octanol–water partition coefficient (Wildman–Crippen LogP) is 4.95. The van der Waals surface area contributed by atoms with Gasteiger partial charge in [-0.15, -0.1) is 0 Å². The van der Waals surface area contributed by atoms with E-state index in [4.69, 9.17) is 16.1 Å². The van der Waals surface area contributed by atoms with Crippen LogP contribution in [0.25, 0.3) is 11.4 Å². The van der Waals surface area contributed by atoms with Crippen molar-refractivity contribution in [3.63, 3.8) is 0 Å². The molecule has 156 valence electrons. The fourth-order valence-corrected chi connectivity index (χ4v) is 2.86. The summed E-state index contributed by atoms with van der Waals surface area (Å²) in [5, 5.41) is 10.2. The number of nitrogens with zero attached hydrogens (tertiary/aromatic N) is 2. The number of nitrogens with one attached hydrogen (secondary N) is 2. The van der Waals surface area contributed by atoms with E-state index in [1.165, 1.54) is 0 Å². The summed E-state index contributed by atoms with van der Waals surface area (Å²) in [6.07, 6.45) is 0.999. The minimum absolute atomic E-state index is 0.0284. The molecule has 2 amide bonds. The number of rotatable bonds is 8. The van der Waals surface area contributed by atoms with E-state index in [9.17, 15) is 9.59 Å². The zero-order chi connectivity index (χ0) is 21.5. The Balaban J connectivity index is 1.48. The van der Waals surface area contributed by atoms with Crippen molar-refractivity contribution in [3.05, 3.63) is 59.4 Å². The molecule has 0 saturated carbocycles. The number of hydrogen-bond acceptors (Lipinski definition) is 5. The van der Waals surface area contributed by atoms with Gasteiger partial charge in [0.1, 0.15) is 0 Å². The molecule has 0 atom stereocenters.